The standard InChI is InChI=1S/C55H35N5/c1-4-18-37(19-5-1)52-57-53(38-20-6-2-7-21-38)59-54(58-52)39-34-32-36(33-35-39)51-49-41-24-10-12-26-43(41)55(50(49)42-25-11-15-29-46(42)56-51)44-27-13-16-30-47(44)60(40-22-8-3-9-23-40)48-31-17-14-28-45(48)55/h1-35H. The highest BCUT2D eigenvalue weighted by Crippen LogP contribution is 2.65. The van der Waals surface area contributed by atoms with Gasteiger partial charge in [0.25, 0.3) is 0 Å². The van der Waals surface area contributed by atoms with E-state index in [0.717, 1.165) is 50.1 Å². The van der Waals surface area contributed by atoms with Gasteiger partial charge in [-0.2, -0.15) is 0 Å². The molecule has 3 heterocycles. The number of anilines is 3. The number of fused-ring (bicyclic) bond motifs is 11. The fourth-order valence-corrected chi connectivity index (χ4v) is 9.61. The minimum Gasteiger partial charge on any atom is -0.310 e. The van der Waals surface area contributed by atoms with Gasteiger partial charge in [0.15, 0.2) is 17.5 Å². The Morgan fingerprint density at radius 1 is 0.350 bits per heavy atom. The van der Waals surface area contributed by atoms with Crippen LogP contribution in [-0.2, 0) is 5.41 Å². The SMILES string of the molecule is c1ccc(-c2nc(-c3ccccc3)nc(-c3ccc(-c4nc5ccccc5c5c4-c4ccccc4C54c5ccccc5N(c5ccccc5)c5ccccc54)cc3)n2)cc1. The predicted molar refractivity (Wildman–Crippen MR) is 242 cm³/mol. The van der Waals surface area contributed by atoms with Gasteiger partial charge in [-0.05, 0) is 58.1 Å². The maximum atomic E-state index is 5.53. The zero-order chi connectivity index (χ0) is 39.6. The molecule has 0 saturated heterocycles. The van der Waals surface area contributed by atoms with Crippen molar-refractivity contribution >= 4 is 28.0 Å². The Hall–Kier alpha value is -8.02. The quantitative estimate of drug-likeness (QED) is 0.175. The Labute approximate surface area is 348 Å². The van der Waals surface area contributed by atoms with Crippen molar-refractivity contribution in [3.8, 4) is 56.5 Å². The smallest absolute Gasteiger partial charge is 0.164 e. The summed E-state index contributed by atoms with van der Waals surface area (Å²) < 4.78 is 0. The Morgan fingerprint density at radius 3 is 1.40 bits per heavy atom. The number of nitrogens with zero attached hydrogens (tertiary/aromatic N) is 5. The topological polar surface area (TPSA) is 54.8 Å². The third-order valence-corrected chi connectivity index (χ3v) is 12.1. The van der Waals surface area contributed by atoms with Crippen molar-refractivity contribution in [2.45, 2.75) is 5.41 Å². The lowest BCUT2D eigenvalue weighted by atomic mass is 9.64. The molecule has 10 aromatic rings. The van der Waals surface area contributed by atoms with Gasteiger partial charge in [-0.1, -0.05) is 182 Å². The number of rotatable bonds is 5. The highest BCUT2D eigenvalue weighted by atomic mass is 15.2. The fourth-order valence-electron chi connectivity index (χ4n) is 9.61. The van der Waals surface area contributed by atoms with E-state index in [1.54, 1.807) is 0 Å². The summed E-state index contributed by atoms with van der Waals surface area (Å²) in [6.45, 7) is 0. The van der Waals surface area contributed by atoms with Crippen molar-refractivity contribution in [1.29, 1.82) is 0 Å². The van der Waals surface area contributed by atoms with E-state index in [-0.39, 0.29) is 0 Å². The van der Waals surface area contributed by atoms with Crippen LogP contribution in [0.25, 0.3) is 67.5 Å². The van der Waals surface area contributed by atoms with Crippen molar-refractivity contribution in [3.05, 3.63) is 235 Å². The first-order valence-corrected chi connectivity index (χ1v) is 20.3. The van der Waals surface area contributed by atoms with E-state index >= 15 is 0 Å². The van der Waals surface area contributed by atoms with Gasteiger partial charge in [-0.3, -0.25) is 0 Å². The predicted octanol–water partition coefficient (Wildman–Crippen LogP) is 13.2. The van der Waals surface area contributed by atoms with Crippen LogP contribution in [0.3, 0.4) is 0 Å². The molecule has 8 aromatic carbocycles. The van der Waals surface area contributed by atoms with Gasteiger partial charge >= 0.3 is 0 Å². The molecule has 5 nitrogen and oxygen atoms in total. The molecule has 0 radical (unpaired) electrons. The maximum absolute atomic E-state index is 5.53. The molecule has 2 aromatic heterocycles. The molecular formula is C55H35N5. The lowest BCUT2D eigenvalue weighted by molar-refractivity contribution is 0.758. The lowest BCUT2D eigenvalue weighted by Crippen LogP contribution is -2.36. The molecule has 0 saturated carbocycles. The van der Waals surface area contributed by atoms with Gasteiger partial charge in [-0.15, -0.1) is 0 Å². The van der Waals surface area contributed by atoms with Crippen LogP contribution < -0.4 is 4.90 Å². The zero-order valence-corrected chi connectivity index (χ0v) is 32.4. The number of aromatic nitrogens is 4. The highest BCUT2D eigenvalue weighted by molar-refractivity contribution is 6.06. The van der Waals surface area contributed by atoms with Crippen LogP contribution in [0, 0.1) is 0 Å². The van der Waals surface area contributed by atoms with Crippen molar-refractivity contribution in [2.75, 3.05) is 4.90 Å². The minimum absolute atomic E-state index is 0.617. The molecule has 1 aliphatic heterocycles. The molecule has 0 fully saturated rings. The zero-order valence-electron chi connectivity index (χ0n) is 32.4. The second-order valence-electron chi connectivity index (χ2n) is 15.3. The molecule has 0 N–H and O–H groups in total. The molecule has 1 aliphatic carbocycles. The normalized spacial score (nSPS) is 13.1. The van der Waals surface area contributed by atoms with Gasteiger partial charge in [0, 0.05) is 38.9 Å². The number of hydrogen-bond donors (Lipinski definition) is 0. The van der Waals surface area contributed by atoms with E-state index in [2.05, 4.69) is 157 Å². The van der Waals surface area contributed by atoms with E-state index in [9.17, 15) is 0 Å². The van der Waals surface area contributed by atoms with Crippen LogP contribution in [-0.4, -0.2) is 19.9 Å². The minimum atomic E-state index is -0.617. The second kappa shape index (κ2) is 13.5. The summed E-state index contributed by atoms with van der Waals surface area (Å²) in [5.41, 5.74) is 15.9. The van der Waals surface area contributed by atoms with Crippen LogP contribution in [0.1, 0.15) is 22.3 Å². The van der Waals surface area contributed by atoms with E-state index in [1.165, 1.54) is 39.2 Å². The molecule has 1 spiro atoms. The van der Waals surface area contributed by atoms with Gasteiger partial charge in [0.1, 0.15) is 0 Å². The van der Waals surface area contributed by atoms with E-state index in [4.69, 9.17) is 19.9 Å². The van der Waals surface area contributed by atoms with E-state index in [1.807, 2.05) is 60.7 Å². The first kappa shape index (κ1) is 34.1. The van der Waals surface area contributed by atoms with Crippen molar-refractivity contribution in [1.82, 2.24) is 19.9 Å². The van der Waals surface area contributed by atoms with Gasteiger partial charge in [-0.25, -0.2) is 19.9 Å². The van der Waals surface area contributed by atoms with Gasteiger partial charge in [0.2, 0.25) is 0 Å². The summed E-state index contributed by atoms with van der Waals surface area (Å²) in [4.78, 5) is 22.9. The molecule has 280 valence electrons. The average Bonchev–Trinajstić information content (AvgIpc) is 3.64. The summed E-state index contributed by atoms with van der Waals surface area (Å²) in [6.07, 6.45) is 0. The Bertz CT molecular complexity index is 3150. The first-order valence-electron chi connectivity index (χ1n) is 20.3. The van der Waals surface area contributed by atoms with Crippen LogP contribution in [0.15, 0.2) is 212 Å². The average molecular weight is 766 g/mol. The molecule has 0 unspecified atom stereocenters. The summed E-state index contributed by atoms with van der Waals surface area (Å²) in [6, 6.07) is 75.0. The largest absolute Gasteiger partial charge is 0.310 e. The van der Waals surface area contributed by atoms with Crippen molar-refractivity contribution in [3.63, 3.8) is 0 Å². The van der Waals surface area contributed by atoms with Crippen molar-refractivity contribution in [2.24, 2.45) is 0 Å². The number of hydrogen-bond acceptors (Lipinski definition) is 5. The Morgan fingerprint density at radius 2 is 0.800 bits per heavy atom. The molecule has 0 amide bonds. The molecular weight excluding hydrogens is 731 g/mol. The van der Waals surface area contributed by atoms with Gasteiger partial charge in [0.05, 0.1) is 28.0 Å². The second-order valence-corrected chi connectivity index (χ2v) is 15.3. The Balaban J connectivity index is 1.09. The fraction of sp³-hybridized carbons (Fsp3) is 0.0182. The molecule has 5 heteroatoms. The van der Waals surface area contributed by atoms with Crippen LogP contribution >= 0.6 is 0 Å². The lowest BCUT2D eigenvalue weighted by Gasteiger charge is -2.45. The number of para-hydroxylation sites is 4. The van der Waals surface area contributed by atoms with E-state index < -0.39 is 5.41 Å². The Kier molecular flexibility index (Phi) is 7.69. The third-order valence-electron chi connectivity index (χ3n) is 12.1. The van der Waals surface area contributed by atoms with Crippen LogP contribution in [0.4, 0.5) is 17.1 Å². The first-order chi connectivity index (χ1) is 29.8. The monoisotopic (exact) mass is 765 g/mol. The van der Waals surface area contributed by atoms with Crippen molar-refractivity contribution < 1.29 is 0 Å². The molecule has 0 atom stereocenters. The summed E-state index contributed by atoms with van der Waals surface area (Å²) in [5.74, 6) is 1.89. The number of pyridine rings is 1. The summed E-state index contributed by atoms with van der Waals surface area (Å²) in [5, 5.41) is 1.15. The maximum Gasteiger partial charge on any atom is 0.164 e. The van der Waals surface area contributed by atoms with Crippen LogP contribution in [0.5, 0.6) is 0 Å². The van der Waals surface area contributed by atoms with E-state index in [0.29, 0.717) is 17.5 Å². The molecule has 60 heavy (non-hydrogen) atoms. The van der Waals surface area contributed by atoms with Gasteiger partial charge < -0.3 is 4.90 Å². The molecule has 12 rings (SSSR count). The molecule has 0 bridgehead atoms. The molecule has 2 aliphatic rings. The number of benzene rings is 8. The summed E-state index contributed by atoms with van der Waals surface area (Å²) in [7, 11) is 0. The van der Waals surface area contributed by atoms with Crippen LogP contribution in [0.2, 0.25) is 0 Å². The summed E-state index contributed by atoms with van der Waals surface area (Å²) >= 11 is 0. The highest BCUT2D eigenvalue weighted by Gasteiger charge is 2.53. The third kappa shape index (κ3) is 5.06.